The maximum Gasteiger partial charge on any atom is 0.325 e. The van der Waals surface area contributed by atoms with E-state index in [1.165, 1.54) is 37.6 Å². The van der Waals surface area contributed by atoms with Gasteiger partial charge in [-0.25, -0.2) is 9.37 Å². The Balaban J connectivity index is 2.21. The minimum atomic E-state index is -0.327. The van der Waals surface area contributed by atoms with Gasteiger partial charge in [0.2, 0.25) is 5.88 Å². The molecule has 0 bridgehead atoms. The lowest BCUT2D eigenvalue weighted by Crippen LogP contribution is -1.95. The third-order valence-electron chi connectivity index (χ3n) is 1.91. The maximum absolute atomic E-state index is 12.7. The van der Waals surface area contributed by atoms with Crippen molar-refractivity contribution in [3.8, 4) is 17.6 Å². The van der Waals surface area contributed by atoms with Crippen LogP contribution >= 0.6 is 15.9 Å². The van der Waals surface area contributed by atoms with Crippen LogP contribution in [0.3, 0.4) is 0 Å². The first-order chi connectivity index (χ1) is 8.19. The number of aromatic nitrogens is 2. The van der Waals surface area contributed by atoms with E-state index in [1.807, 2.05) is 0 Å². The van der Waals surface area contributed by atoms with Gasteiger partial charge in [-0.05, 0) is 40.2 Å². The van der Waals surface area contributed by atoms with Gasteiger partial charge in [-0.2, -0.15) is 4.98 Å². The molecule has 2 aromatic rings. The Hall–Kier alpha value is -1.69. The maximum atomic E-state index is 12.7. The van der Waals surface area contributed by atoms with E-state index in [-0.39, 0.29) is 11.8 Å². The van der Waals surface area contributed by atoms with Crippen molar-refractivity contribution in [1.82, 2.24) is 9.97 Å². The minimum Gasteiger partial charge on any atom is -0.480 e. The van der Waals surface area contributed by atoms with E-state index in [4.69, 9.17) is 9.47 Å². The predicted molar refractivity (Wildman–Crippen MR) is 62.8 cm³/mol. The zero-order valence-corrected chi connectivity index (χ0v) is 10.4. The molecule has 0 amide bonds. The summed E-state index contributed by atoms with van der Waals surface area (Å²) in [5.41, 5.74) is 0. The highest BCUT2D eigenvalue weighted by molar-refractivity contribution is 9.10. The number of ether oxygens (including phenoxy) is 2. The van der Waals surface area contributed by atoms with Crippen LogP contribution in [0.1, 0.15) is 0 Å². The molecule has 1 aromatic carbocycles. The lowest BCUT2D eigenvalue weighted by Gasteiger charge is -2.05. The Labute approximate surface area is 106 Å². The molecule has 4 nitrogen and oxygen atoms in total. The van der Waals surface area contributed by atoms with Crippen LogP contribution in [0.25, 0.3) is 0 Å². The van der Waals surface area contributed by atoms with E-state index in [0.717, 1.165) is 0 Å². The molecule has 0 fully saturated rings. The van der Waals surface area contributed by atoms with E-state index < -0.39 is 0 Å². The first-order valence-corrected chi connectivity index (χ1v) is 5.48. The first kappa shape index (κ1) is 11.8. The quantitative estimate of drug-likeness (QED) is 0.873. The largest absolute Gasteiger partial charge is 0.480 e. The average molecular weight is 299 g/mol. The molecule has 0 radical (unpaired) electrons. The van der Waals surface area contributed by atoms with E-state index >= 15 is 0 Å². The van der Waals surface area contributed by atoms with Crippen LogP contribution in [-0.2, 0) is 0 Å². The van der Waals surface area contributed by atoms with E-state index in [0.29, 0.717) is 16.1 Å². The van der Waals surface area contributed by atoms with Crippen molar-refractivity contribution >= 4 is 15.9 Å². The van der Waals surface area contributed by atoms with Crippen molar-refractivity contribution in [2.45, 2.75) is 0 Å². The number of hydrogen-bond acceptors (Lipinski definition) is 4. The van der Waals surface area contributed by atoms with Crippen LogP contribution in [0, 0.1) is 5.82 Å². The van der Waals surface area contributed by atoms with Crippen molar-refractivity contribution in [2.75, 3.05) is 7.11 Å². The summed E-state index contributed by atoms with van der Waals surface area (Å²) < 4.78 is 23.7. The third kappa shape index (κ3) is 2.91. The van der Waals surface area contributed by atoms with Gasteiger partial charge >= 0.3 is 6.01 Å². The molecular formula is C11H8BrFN2O2. The predicted octanol–water partition coefficient (Wildman–Crippen LogP) is 3.18. The SMILES string of the molecule is COc1nc(Oc2ccc(F)cc2)ncc1Br. The molecule has 0 aliphatic heterocycles. The highest BCUT2D eigenvalue weighted by atomic mass is 79.9. The van der Waals surface area contributed by atoms with Crippen LogP contribution in [0.5, 0.6) is 17.6 Å². The van der Waals surface area contributed by atoms with Crippen molar-refractivity contribution in [1.29, 1.82) is 0 Å². The molecule has 0 atom stereocenters. The zero-order valence-electron chi connectivity index (χ0n) is 8.85. The molecule has 0 aliphatic rings. The Morgan fingerprint density at radius 1 is 1.24 bits per heavy atom. The smallest absolute Gasteiger partial charge is 0.325 e. The fraction of sp³-hybridized carbons (Fsp3) is 0.0909. The second-order valence-corrected chi connectivity index (χ2v) is 3.92. The van der Waals surface area contributed by atoms with Gasteiger partial charge in [0.15, 0.2) is 0 Å². The Kier molecular flexibility index (Phi) is 3.53. The second kappa shape index (κ2) is 5.09. The molecule has 0 aliphatic carbocycles. The summed E-state index contributed by atoms with van der Waals surface area (Å²) in [7, 11) is 1.49. The summed E-state index contributed by atoms with van der Waals surface area (Å²) in [6.45, 7) is 0. The second-order valence-electron chi connectivity index (χ2n) is 3.07. The van der Waals surface area contributed by atoms with Crippen LogP contribution in [0.15, 0.2) is 34.9 Å². The van der Waals surface area contributed by atoms with Crippen molar-refractivity contribution in [3.63, 3.8) is 0 Å². The summed E-state index contributed by atoms with van der Waals surface area (Å²) in [5.74, 6) is 0.500. The molecule has 17 heavy (non-hydrogen) atoms. The summed E-state index contributed by atoms with van der Waals surface area (Å²) in [5, 5.41) is 0. The van der Waals surface area contributed by atoms with E-state index in [9.17, 15) is 4.39 Å². The fourth-order valence-electron chi connectivity index (χ4n) is 1.14. The van der Waals surface area contributed by atoms with Gasteiger partial charge in [0.1, 0.15) is 11.6 Å². The normalized spacial score (nSPS) is 10.1. The minimum absolute atomic E-state index is 0.136. The van der Waals surface area contributed by atoms with E-state index in [1.54, 1.807) is 0 Å². The van der Waals surface area contributed by atoms with Gasteiger partial charge < -0.3 is 9.47 Å². The lowest BCUT2D eigenvalue weighted by molar-refractivity contribution is 0.373. The van der Waals surface area contributed by atoms with Gasteiger partial charge in [0.25, 0.3) is 0 Å². The molecule has 88 valence electrons. The number of benzene rings is 1. The molecule has 0 saturated heterocycles. The molecular weight excluding hydrogens is 291 g/mol. The van der Waals surface area contributed by atoms with Gasteiger partial charge in [-0.15, -0.1) is 0 Å². The molecule has 1 heterocycles. The monoisotopic (exact) mass is 298 g/mol. The first-order valence-electron chi connectivity index (χ1n) is 4.69. The Morgan fingerprint density at radius 3 is 2.59 bits per heavy atom. The molecule has 2 rings (SSSR count). The summed E-state index contributed by atoms with van der Waals surface area (Å²) in [4.78, 5) is 7.96. The van der Waals surface area contributed by atoms with Crippen molar-refractivity contribution < 1.29 is 13.9 Å². The summed E-state index contributed by atoms with van der Waals surface area (Å²) >= 11 is 3.23. The van der Waals surface area contributed by atoms with Crippen LogP contribution in [0.4, 0.5) is 4.39 Å². The Bertz CT molecular complexity index is 519. The fourth-order valence-corrected chi connectivity index (χ4v) is 1.49. The standard InChI is InChI=1S/C11H8BrFN2O2/c1-16-10-9(12)6-14-11(15-10)17-8-4-2-7(13)3-5-8/h2-6H,1H3. The molecule has 0 saturated carbocycles. The average Bonchev–Trinajstić information content (AvgIpc) is 2.34. The molecule has 6 heteroatoms. The number of rotatable bonds is 3. The Morgan fingerprint density at radius 2 is 1.94 bits per heavy atom. The number of halogens is 2. The molecule has 0 spiro atoms. The number of methoxy groups -OCH3 is 1. The van der Waals surface area contributed by atoms with Crippen LogP contribution in [-0.4, -0.2) is 17.1 Å². The van der Waals surface area contributed by atoms with Gasteiger partial charge in [-0.1, -0.05) is 0 Å². The molecule has 0 unspecified atom stereocenters. The zero-order chi connectivity index (χ0) is 12.3. The summed E-state index contributed by atoms with van der Waals surface area (Å²) in [6, 6.07) is 5.72. The van der Waals surface area contributed by atoms with Crippen molar-refractivity contribution in [2.24, 2.45) is 0 Å². The van der Waals surface area contributed by atoms with Gasteiger partial charge in [0, 0.05) is 0 Å². The topological polar surface area (TPSA) is 44.2 Å². The van der Waals surface area contributed by atoms with Crippen LogP contribution in [0.2, 0.25) is 0 Å². The lowest BCUT2D eigenvalue weighted by atomic mass is 10.3. The van der Waals surface area contributed by atoms with E-state index in [2.05, 4.69) is 25.9 Å². The summed E-state index contributed by atoms with van der Waals surface area (Å²) in [6.07, 6.45) is 1.52. The van der Waals surface area contributed by atoms with Crippen LogP contribution < -0.4 is 9.47 Å². The number of hydrogen-bond donors (Lipinski definition) is 0. The highest BCUT2D eigenvalue weighted by Gasteiger charge is 2.06. The van der Waals surface area contributed by atoms with Crippen molar-refractivity contribution in [3.05, 3.63) is 40.8 Å². The van der Waals surface area contributed by atoms with Gasteiger partial charge in [-0.3, -0.25) is 0 Å². The van der Waals surface area contributed by atoms with Gasteiger partial charge in [0.05, 0.1) is 17.8 Å². The third-order valence-corrected chi connectivity index (χ3v) is 2.45. The number of nitrogens with zero attached hydrogens (tertiary/aromatic N) is 2. The molecule has 1 aromatic heterocycles. The molecule has 0 N–H and O–H groups in total. The highest BCUT2D eigenvalue weighted by Crippen LogP contribution is 2.25.